The highest BCUT2D eigenvalue weighted by molar-refractivity contribution is 5.86. The molecule has 0 bridgehead atoms. The van der Waals surface area contributed by atoms with Crippen LogP contribution in [0.5, 0.6) is 5.75 Å². The van der Waals surface area contributed by atoms with E-state index in [4.69, 9.17) is 4.74 Å². The molecule has 0 saturated carbocycles. The molecule has 28 heavy (non-hydrogen) atoms. The number of hydrogen-bond acceptors (Lipinski definition) is 2. The number of benzene rings is 2. The lowest BCUT2D eigenvalue weighted by Gasteiger charge is -2.18. The Hall–Kier alpha value is -3.02. The molecule has 1 unspecified atom stereocenters. The van der Waals surface area contributed by atoms with Crippen LogP contribution < -0.4 is 15.4 Å². The Balaban J connectivity index is 1.58. The van der Waals surface area contributed by atoms with Gasteiger partial charge in [-0.3, -0.25) is 4.99 Å². The van der Waals surface area contributed by atoms with Crippen molar-refractivity contribution in [2.75, 3.05) is 20.7 Å². The number of aromatic amines is 1. The van der Waals surface area contributed by atoms with E-state index in [1.807, 2.05) is 13.0 Å². The van der Waals surface area contributed by atoms with E-state index in [0.717, 1.165) is 18.5 Å². The normalized spacial score (nSPS) is 12.8. The van der Waals surface area contributed by atoms with Crippen molar-refractivity contribution in [3.05, 3.63) is 65.1 Å². The Morgan fingerprint density at radius 2 is 2.11 bits per heavy atom. The lowest BCUT2D eigenvalue weighted by Crippen LogP contribution is -2.39. The van der Waals surface area contributed by atoms with Gasteiger partial charge in [0, 0.05) is 30.7 Å². The number of H-pyrrole nitrogens is 1. The molecule has 0 saturated heterocycles. The predicted molar refractivity (Wildman–Crippen MR) is 113 cm³/mol. The molecule has 1 atom stereocenters. The molecule has 3 aromatic rings. The molecule has 0 amide bonds. The fourth-order valence-electron chi connectivity index (χ4n) is 3.32. The van der Waals surface area contributed by atoms with E-state index >= 15 is 0 Å². The summed E-state index contributed by atoms with van der Waals surface area (Å²) in [5, 5.41) is 7.89. The highest BCUT2D eigenvalue weighted by Crippen LogP contribution is 2.22. The van der Waals surface area contributed by atoms with Gasteiger partial charge in [0.2, 0.25) is 0 Å². The topological polar surface area (TPSA) is 61.4 Å². The zero-order chi connectivity index (χ0) is 20.1. The number of aliphatic imine (C=N–C) groups is 1. The minimum Gasteiger partial charge on any atom is -0.494 e. The quantitative estimate of drug-likeness (QED) is 0.444. The maximum atomic E-state index is 13.9. The van der Waals surface area contributed by atoms with E-state index in [-0.39, 0.29) is 17.6 Å². The molecular formula is C22H27FN4O. The van der Waals surface area contributed by atoms with E-state index in [1.165, 1.54) is 35.2 Å². The number of nitrogens with one attached hydrogen (secondary N) is 3. The van der Waals surface area contributed by atoms with E-state index in [2.05, 4.69) is 51.9 Å². The minimum absolute atomic E-state index is 0.0951. The van der Waals surface area contributed by atoms with Crippen molar-refractivity contribution in [1.82, 2.24) is 15.6 Å². The summed E-state index contributed by atoms with van der Waals surface area (Å²) in [6.45, 7) is 4.82. The SMILES string of the molecule is CN=C(NCCc1c[nH]c2c(C)cccc12)NC(C)c1ccc(OC)c(F)c1. The Morgan fingerprint density at radius 3 is 2.82 bits per heavy atom. The van der Waals surface area contributed by atoms with Gasteiger partial charge in [0.25, 0.3) is 0 Å². The molecule has 1 heterocycles. The van der Waals surface area contributed by atoms with Crippen molar-refractivity contribution in [2.24, 2.45) is 4.99 Å². The van der Waals surface area contributed by atoms with Crippen molar-refractivity contribution in [3.63, 3.8) is 0 Å². The highest BCUT2D eigenvalue weighted by Gasteiger charge is 2.11. The molecular weight excluding hydrogens is 355 g/mol. The number of fused-ring (bicyclic) bond motifs is 1. The van der Waals surface area contributed by atoms with E-state index in [9.17, 15) is 4.39 Å². The number of halogens is 1. The first-order chi connectivity index (χ1) is 13.5. The van der Waals surface area contributed by atoms with Gasteiger partial charge in [-0.1, -0.05) is 24.3 Å². The molecule has 0 spiro atoms. The van der Waals surface area contributed by atoms with Crippen LogP contribution in [0.1, 0.15) is 29.7 Å². The molecule has 3 N–H and O–H groups in total. The average molecular weight is 382 g/mol. The van der Waals surface area contributed by atoms with Crippen LogP contribution in [0, 0.1) is 12.7 Å². The zero-order valence-electron chi connectivity index (χ0n) is 16.8. The summed E-state index contributed by atoms with van der Waals surface area (Å²) in [6, 6.07) is 11.2. The third-order valence-electron chi connectivity index (χ3n) is 4.95. The monoisotopic (exact) mass is 382 g/mol. The predicted octanol–water partition coefficient (Wildman–Crippen LogP) is 4.09. The summed E-state index contributed by atoms with van der Waals surface area (Å²) in [7, 11) is 3.19. The van der Waals surface area contributed by atoms with Gasteiger partial charge in [-0.25, -0.2) is 4.39 Å². The number of rotatable bonds is 6. The van der Waals surface area contributed by atoms with Crippen LogP contribution in [0.3, 0.4) is 0 Å². The van der Waals surface area contributed by atoms with Crippen molar-refractivity contribution in [2.45, 2.75) is 26.3 Å². The molecule has 148 valence electrons. The lowest BCUT2D eigenvalue weighted by molar-refractivity contribution is 0.386. The number of hydrogen-bond donors (Lipinski definition) is 3. The smallest absolute Gasteiger partial charge is 0.191 e. The molecule has 0 fully saturated rings. The van der Waals surface area contributed by atoms with Gasteiger partial charge in [0.15, 0.2) is 17.5 Å². The second-order valence-electron chi connectivity index (χ2n) is 6.82. The number of methoxy groups -OCH3 is 1. The van der Waals surface area contributed by atoms with Crippen LogP contribution in [-0.2, 0) is 6.42 Å². The molecule has 3 rings (SSSR count). The van der Waals surface area contributed by atoms with Crippen molar-refractivity contribution < 1.29 is 9.13 Å². The summed E-state index contributed by atoms with van der Waals surface area (Å²) >= 11 is 0. The van der Waals surface area contributed by atoms with Gasteiger partial charge in [0.05, 0.1) is 13.2 Å². The summed E-state index contributed by atoms with van der Waals surface area (Å²) in [6.07, 6.45) is 2.94. The highest BCUT2D eigenvalue weighted by atomic mass is 19.1. The summed E-state index contributed by atoms with van der Waals surface area (Å²) < 4.78 is 18.9. The third-order valence-corrected chi connectivity index (χ3v) is 4.95. The second kappa shape index (κ2) is 8.78. The van der Waals surface area contributed by atoms with Crippen LogP contribution in [0.25, 0.3) is 10.9 Å². The number of aromatic nitrogens is 1. The number of para-hydroxylation sites is 1. The van der Waals surface area contributed by atoms with E-state index in [1.54, 1.807) is 13.1 Å². The van der Waals surface area contributed by atoms with Crippen LogP contribution in [0.2, 0.25) is 0 Å². The largest absolute Gasteiger partial charge is 0.494 e. The third kappa shape index (κ3) is 4.27. The van der Waals surface area contributed by atoms with Gasteiger partial charge in [-0.05, 0) is 49.1 Å². The van der Waals surface area contributed by atoms with E-state index in [0.29, 0.717) is 5.96 Å². The molecule has 1 aromatic heterocycles. The fraction of sp³-hybridized carbons (Fsp3) is 0.318. The molecule has 6 heteroatoms. The molecule has 0 radical (unpaired) electrons. The maximum Gasteiger partial charge on any atom is 0.191 e. The Morgan fingerprint density at radius 1 is 1.29 bits per heavy atom. The van der Waals surface area contributed by atoms with Gasteiger partial charge in [-0.2, -0.15) is 0 Å². The van der Waals surface area contributed by atoms with E-state index < -0.39 is 0 Å². The van der Waals surface area contributed by atoms with Crippen molar-refractivity contribution in [3.8, 4) is 5.75 Å². The Labute approximate surface area is 165 Å². The fourth-order valence-corrected chi connectivity index (χ4v) is 3.32. The van der Waals surface area contributed by atoms with Gasteiger partial charge in [0.1, 0.15) is 0 Å². The number of aryl methyl sites for hydroxylation is 1. The molecule has 5 nitrogen and oxygen atoms in total. The molecule has 0 aliphatic carbocycles. The summed E-state index contributed by atoms with van der Waals surface area (Å²) in [4.78, 5) is 7.63. The average Bonchev–Trinajstić information content (AvgIpc) is 3.11. The van der Waals surface area contributed by atoms with Gasteiger partial charge in [-0.15, -0.1) is 0 Å². The molecule has 2 aromatic carbocycles. The molecule has 0 aliphatic heterocycles. The van der Waals surface area contributed by atoms with Gasteiger partial charge < -0.3 is 20.4 Å². The first-order valence-corrected chi connectivity index (χ1v) is 9.39. The van der Waals surface area contributed by atoms with Crippen LogP contribution >= 0.6 is 0 Å². The number of ether oxygens (including phenoxy) is 1. The first-order valence-electron chi connectivity index (χ1n) is 9.39. The van der Waals surface area contributed by atoms with Crippen molar-refractivity contribution >= 4 is 16.9 Å². The maximum absolute atomic E-state index is 13.9. The number of nitrogens with zero attached hydrogens (tertiary/aromatic N) is 1. The number of guanidine groups is 1. The van der Waals surface area contributed by atoms with Gasteiger partial charge >= 0.3 is 0 Å². The van der Waals surface area contributed by atoms with Crippen LogP contribution in [0.4, 0.5) is 4.39 Å². The first kappa shape index (κ1) is 19.7. The van der Waals surface area contributed by atoms with Crippen LogP contribution in [0.15, 0.2) is 47.6 Å². The Kier molecular flexibility index (Phi) is 6.19. The zero-order valence-corrected chi connectivity index (χ0v) is 16.8. The summed E-state index contributed by atoms with van der Waals surface area (Å²) in [5.41, 5.74) is 4.53. The minimum atomic E-state index is -0.369. The van der Waals surface area contributed by atoms with Crippen LogP contribution in [-0.4, -0.2) is 31.6 Å². The second-order valence-corrected chi connectivity index (χ2v) is 6.82. The summed E-state index contributed by atoms with van der Waals surface area (Å²) in [5.74, 6) is 0.554. The van der Waals surface area contributed by atoms with Crippen molar-refractivity contribution in [1.29, 1.82) is 0 Å². The Bertz CT molecular complexity index is 980. The molecule has 0 aliphatic rings. The standard InChI is InChI=1S/C22H27FN4O/c1-14-6-5-7-18-17(13-26-21(14)18)10-11-25-22(24-3)27-15(2)16-8-9-20(28-4)19(23)12-16/h5-9,12-13,15,26H,10-11H2,1-4H3,(H2,24,25,27). The lowest BCUT2D eigenvalue weighted by atomic mass is 10.1.